The highest BCUT2D eigenvalue weighted by molar-refractivity contribution is 7.80. The molecule has 0 amide bonds. The Bertz CT molecular complexity index is 1390. The molecule has 0 saturated carbocycles. The van der Waals surface area contributed by atoms with Crippen LogP contribution in [0.2, 0.25) is 0 Å². The molecule has 0 aliphatic carbocycles. The molecular weight excluding hydrogens is 470 g/mol. The van der Waals surface area contributed by atoms with E-state index in [1.54, 1.807) is 6.92 Å². The van der Waals surface area contributed by atoms with Crippen molar-refractivity contribution in [1.29, 1.82) is 0 Å². The first kappa shape index (κ1) is 25.1. The molecule has 0 atom stereocenters. The minimum atomic E-state index is 0.191. The van der Waals surface area contributed by atoms with Crippen LogP contribution in [0.1, 0.15) is 53.9 Å². The van der Waals surface area contributed by atoms with Gasteiger partial charge in [0.25, 0.3) is 0 Å². The topological polar surface area (TPSA) is 127 Å². The smallest absolute Gasteiger partial charge is 0.232 e. The summed E-state index contributed by atoms with van der Waals surface area (Å²) >= 11 is 4.69. The van der Waals surface area contributed by atoms with Gasteiger partial charge in [-0.05, 0) is 67.6 Å². The highest BCUT2D eigenvalue weighted by atomic mass is 32.1. The van der Waals surface area contributed by atoms with Crippen molar-refractivity contribution >= 4 is 54.0 Å². The van der Waals surface area contributed by atoms with Crippen LogP contribution in [0.3, 0.4) is 0 Å². The van der Waals surface area contributed by atoms with E-state index in [2.05, 4.69) is 78.7 Å². The average molecular weight is 500 g/mol. The number of nitrogens with one attached hydrogen (secondary N) is 2. The number of rotatable bonds is 7. The van der Waals surface area contributed by atoms with Gasteiger partial charge in [-0.2, -0.15) is 24.9 Å². The highest BCUT2D eigenvalue weighted by Crippen LogP contribution is 2.28. The van der Waals surface area contributed by atoms with Crippen molar-refractivity contribution in [3.63, 3.8) is 0 Å². The third-order valence-corrected chi connectivity index (χ3v) is 5.70. The van der Waals surface area contributed by atoms with E-state index in [-0.39, 0.29) is 5.95 Å². The fourth-order valence-corrected chi connectivity index (χ4v) is 4.02. The maximum atomic E-state index is 5.75. The Kier molecular flexibility index (Phi) is 7.44. The van der Waals surface area contributed by atoms with E-state index in [4.69, 9.17) is 18.4 Å². The molecule has 184 valence electrons. The summed E-state index contributed by atoms with van der Waals surface area (Å²) in [4.78, 5) is 26.2. The molecule has 4 aromatic rings. The summed E-state index contributed by atoms with van der Waals surface area (Å²) in [7, 11) is 0. The van der Waals surface area contributed by atoms with Crippen molar-refractivity contribution in [2.75, 3.05) is 16.4 Å². The second-order valence-corrected chi connectivity index (χ2v) is 9.16. The first-order chi connectivity index (χ1) is 17.2. The van der Waals surface area contributed by atoms with Crippen LogP contribution in [0.15, 0.2) is 41.3 Å². The Morgan fingerprint density at radius 3 is 1.83 bits per heavy atom. The number of hydrogen-bond donors (Lipinski definition) is 4. The molecule has 0 fully saturated rings. The van der Waals surface area contributed by atoms with E-state index in [1.807, 2.05) is 38.1 Å². The lowest BCUT2D eigenvalue weighted by molar-refractivity contribution is 0.864. The van der Waals surface area contributed by atoms with Crippen LogP contribution in [0, 0.1) is 20.8 Å². The van der Waals surface area contributed by atoms with E-state index in [9.17, 15) is 0 Å². The first-order valence-electron chi connectivity index (χ1n) is 11.5. The number of nitrogen functional groups attached to an aromatic ring is 1. The molecule has 9 nitrogen and oxygen atoms in total. The number of thiol groups is 1. The maximum Gasteiger partial charge on any atom is 0.232 e. The molecular formula is C26H29N9S. The Balaban J connectivity index is 1.53. The molecule has 0 aliphatic heterocycles. The fraction of sp³-hybridized carbons (Fsp3) is 0.231. The van der Waals surface area contributed by atoms with E-state index < -0.39 is 0 Å². The van der Waals surface area contributed by atoms with Gasteiger partial charge in [0.15, 0.2) is 0 Å². The van der Waals surface area contributed by atoms with Crippen molar-refractivity contribution in [2.45, 2.75) is 45.4 Å². The summed E-state index contributed by atoms with van der Waals surface area (Å²) in [5.74, 6) is 3.35. The zero-order valence-corrected chi connectivity index (χ0v) is 21.8. The molecule has 0 spiro atoms. The van der Waals surface area contributed by atoms with Crippen molar-refractivity contribution < 1.29 is 0 Å². The summed E-state index contributed by atoms with van der Waals surface area (Å²) in [6, 6.07) is 12.1. The zero-order valence-electron chi connectivity index (χ0n) is 20.9. The summed E-state index contributed by atoms with van der Waals surface area (Å²) in [5.41, 5.74) is 10.8. The molecule has 0 aliphatic rings. The molecule has 0 bridgehead atoms. The lowest BCUT2D eigenvalue weighted by atomic mass is 9.95. The SMILES string of the molecule is Cc1nc(C)nc(Nc2ccc(/C=C/c3ccc(Nc4nc(C)nc(N)n4)cc3C(C)C)c(S)c2)n1. The van der Waals surface area contributed by atoms with Gasteiger partial charge < -0.3 is 16.4 Å². The minimum absolute atomic E-state index is 0.191. The summed E-state index contributed by atoms with van der Waals surface area (Å²) in [6.45, 7) is 9.79. The number of anilines is 5. The molecule has 0 radical (unpaired) electrons. The molecule has 10 heteroatoms. The summed E-state index contributed by atoms with van der Waals surface area (Å²) in [6.07, 6.45) is 4.17. The van der Waals surface area contributed by atoms with Crippen LogP contribution >= 0.6 is 12.6 Å². The van der Waals surface area contributed by atoms with Gasteiger partial charge in [0.2, 0.25) is 17.8 Å². The molecule has 0 saturated heterocycles. The second kappa shape index (κ2) is 10.7. The number of hydrogen-bond acceptors (Lipinski definition) is 10. The molecule has 2 aromatic heterocycles. The van der Waals surface area contributed by atoms with Crippen molar-refractivity contribution in [3.8, 4) is 0 Å². The number of nitrogens with zero attached hydrogens (tertiary/aromatic N) is 6. The number of benzene rings is 2. The molecule has 2 aromatic carbocycles. The van der Waals surface area contributed by atoms with E-state index in [0.29, 0.717) is 35.3 Å². The lowest BCUT2D eigenvalue weighted by Gasteiger charge is -2.14. The van der Waals surface area contributed by atoms with Gasteiger partial charge in [0, 0.05) is 16.3 Å². The van der Waals surface area contributed by atoms with Gasteiger partial charge >= 0.3 is 0 Å². The minimum Gasteiger partial charge on any atom is -0.368 e. The van der Waals surface area contributed by atoms with Crippen molar-refractivity contribution in [2.24, 2.45) is 0 Å². The van der Waals surface area contributed by atoms with Crippen LogP contribution < -0.4 is 16.4 Å². The van der Waals surface area contributed by atoms with E-state index >= 15 is 0 Å². The number of nitrogens with two attached hydrogens (primary N) is 1. The third kappa shape index (κ3) is 6.33. The quantitative estimate of drug-likeness (QED) is 0.189. The largest absolute Gasteiger partial charge is 0.368 e. The Labute approximate surface area is 216 Å². The Morgan fingerprint density at radius 1 is 0.722 bits per heavy atom. The summed E-state index contributed by atoms with van der Waals surface area (Å²) < 4.78 is 0. The van der Waals surface area contributed by atoms with Gasteiger partial charge in [-0.3, -0.25) is 0 Å². The summed E-state index contributed by atoms with van der Waals surface area (Å²) in [5, 5.41) is 6.44. The van der Waals surface area contributed by atoms with Crippen molar-refractivity contribution in [3.05, 3.63) is 70.6 Å². The van der Waals surface area contributed by atoms with Gasteiger partial charge in [-0.15, -0.1) is 12.6 Å². The second-order valence-electron chi connectivity index (χ2n) is 8.67. The average Bonchev–Trinajstić information content (AvgIpc) is 2.77. The standard InChI is InChI=1S/C26H29N9S/c1-14(2)22-12-20(33-26-32-17(5)29-24(27)35-26)10-8-18(22)6-7-19-9-11-21(13-23(19)36)34-25-30-15(3)28-16(4)31-25/h6-14,36H,1-5H3,(H,28,30,31,34)(H3,27,29,32,33,35)/b7-6+. The van der Waals surface area contributed by atoms with E-state index in [0.717, 1.165) is 27.4 Å². The predicted molar refractivity (Wildman–Crippen MR) is 148 cm³/mol. The van der Waals surface area contributed by atoms with Crippen LogP contribution in [0.5, 0.6) is 0 Å². The number of aromatic nitrogens is 6. The van der Waals surface area contributed by atoms with Gasteiger partial charge in [-0.25, -0.2) is 4.98 Å². The lowest BCUT2D eigenvalue weighted by Crippen LogP contribution is -2.05. The molecule has 4 rings (SSSR count). The maximum absolute atomic E-state index is 5.75. The molecule has 36 heavy (non-hydrogen) atoms. The van der Waals surface area contributed by atoms with Crippen molar-refractivity contribution in [1.82, 2.24) is 29.9 Å². The van der Waals surface area contributed by atoms with Crippen LogP contribution in [-0.4, -0.2) is 29.9 Å². The van der Waals surface area contributed by atoms with Gasteiger partial charge in [0.05, 0.1) is 0 Å². The Morgan fingerprint density at radius 2 is 1.25 bits per heavy atom. The zero-order chi connectivity index (χ0) is 25.8. The van der Waals surface area contributed by atoms with Crippen LogP contribution in [-0.2, 0) is 0 Å². The normalized spacial score (nSPS) is 11.3. The highest BCUT2D eigenvalue weighted by Gasteiger charge is 2.09. The monoisotopic (exact) mass is 499 g/mol. The van der Waals surface area contributed by atoms with Gasteiger partial charge in [-0.1, -0.05) is 38.1 Å². The molecule has 4 N–H and O–H groups in total. The van der Waals surface area contributed by atoms with Crippen LogP contribution in [0.25, 0.3) is 12.2 Å². The van der Waals surface area contributed by atoms with Gasteiger partial charge in [0.1, 0.15) is 17.5 Å². The first-order valence-corrected chi connectivity index (χ1v) is 12.0. The fourth-order valence-electron chi connectivity index (χ4n) is 3.73. The van der Waals surface area contributed by atoms with Crippen LogP contribution in [0.4, 0.5) is 29.2 Å². The molecule has 0 unspecified atom stereocenters. The van der Waals surface area contributed by atoms with E-state index in [1.165, 1.54) is 5.56 Å². The predicted octanol–water partition coefficient (Wildman–Crippen LogP) is 5.63. The number of aryl methyl sites for hydroxylation is 3. The molecule has 2 heterocycles. The third-order valence-electron chi connectivity index (χ3n) is 5.32. The Hall–Kier alpha value is -4.05.